The van der Waals surface area contributed by atoms with Crippen LogP contribution in [0.5, 0.6) is 5.75 Å². The molecule has 0 aliphatic rings. The first-order valence-electron chi connectivity index (χ1n) is 8.02. The Labute approximate surface area is 170 Å². The molecule has 0 aliphatic heterocycles. The van der Waals surface area contributed by atoms with E-state index in [0.29, 0.717) is 14.9 Å². The Hall–Kier alpha value is -2.86. The Morgan fingerprint density at radius 3 is 2.59 bits per heavy atom. The molecule has 0 saturated carbocycles. The summed E-state index contributed by atoms with van der Waals surface area (Å²) in [4.78, 5) is 23.0. The van der Waals surface area contributed by atoms with Crippen molar-refractivity contribution in [2.45, 2.75) is 13.0 Å². The number of nitrogens with one attached hydrogen (secondary N) is 1. The van der Waals surface area contributed by atoms with Gasteiger partial charge in [0.1, 0.15) is 17.4 Å². The molecule has 6 nitrogen and oxygen atoms in total. The van der Waals surface area contributed by atoms with E-state index in [0.717, 1.165) is 5.56 Å². The largest absolute Gasteiger partial charge is 0.481 e. The lowest BCUT2D eigenvalue weighted by Crippen LogP contribution is -2.27. The number of hydrogen-bond donors (Lipinski definition) is 2. The lowest BCUT2D eigenvalue weighted by atomic mass is 10.1. The maximum absolute atomic E-state index is 12.4. The standard InChI is InChI=1S/C20H17IN2O4/c1-13(15-5-3-2-4-6-15)23-20(26)16(11-22)9-14-7-8-18(17(21)10-14)27-12-19(24)25/h2-10,13H,12H2,1H3,(H,23,26)(H,24,25)/b16-9-/t13-/m1/s1. The first kappa shape index (κ1) is 20.5. The number of carboxylic acid groups (broad SMARTS) is 1. The fraction of sp³-hybridized carbons (Fsp3) is 0.150. The van der Waals surface area contributed by atoms with Gasteiger partial charge in [-0.3, -0.25) is 4.79 Å². The number of nitrogens with zero attached hydrogens (tertiary/aromatic N) is 1. The number of amides is 1. The van der Waals surface area contributed by atoms with Crippen LogP contribution in [0.4, 0.5) is 0 Å². The third kappa shape index (κ3) is 6.11. The van der Waals surface area contributed by atoms with Crippen molar-refractivity contribution >= 4 is 40.5 Å². The number of carbonyl (C=O) groups excluding carboxylic acids is 1. The molecule has 2 rings (SSSR count). The fourth-order valence-electron chi connectivity index (χ4n) is 2.28. The van der Waals surface area contributed by atoms with E-state index in [1.54, 1.807) is 18.2 Å². The van der Waals surface area contributed by atoms with Crippen LogP contribution >= 0.6 is 22.6 Å². The second kappa shape index (κ2) is 9.73. The Morgan fingerprint density at radius 2 is 2.00 bits per heavy atom. The molecule has 0 saturated heterocycles. The predicted octanol–water partition coefficient (Wildman–Crippen LogP) is 3.54. The average molecular weight is 476 g/mol. The van der Waals surface area contributed by atoms with E-state index in [1.165, 1.54) is 6.08 Å². The summed E-state index contributed by atoms with van der Waals surface area (Å²) in [7, 11) is 0. The van der Waals surface area contributed by atoms with Crippen LogP contribution in [0.25, 0.3) is 6.08 Å². The van der Waals surface area contributed by atoms with E-state index >= 15 is 0 Å². The first-order valence-corrected chi connectivity index (χ1v) is 9.10. The highest BCUT2D eigenvalue weighted by Gasteiger charge is 2.14. The third-order valence-electron chi connectivity index (χ3n) is 3.63. The van der Waals surface area contributed by atoms with E-state index in [4.69, 9.17) is 9.84 Å². The highest BCUT2D eigenvalue weighted by Crippen LogP contribution is 2.23. The highest BCUT2D eigenvalue weighted by atomic mass is 127. The topological polar surface area (TPSA) is 99.4 Å². The summed E-state index contributed by atoms with van der Waals surface area (Å²) in [5, 5.41) is 20.8. The number of carboxylic acids is 1. The van der Waals surface area contributed by atoms with E-state index in [2.05, 4.69) is 5.32 Å². The minimum absolute atomic E-state index is 0.0206. The van der Waals surface area contributed by atoms with Crippen LogP contribution in [-0.4, -0.2) is 23.6 Å². The number of carbonyl (C=O) groups is 2. The fourth-order valence-corrected chi connectivity index (χ4v) is 2.97. The zero-order valence-electron chi connectivity index (χ0n) is 14.5. The number of benzene rings is 2. The van der Waals surface area contributed by atoms with Gasteiger partial charge in [-0.1, -0.05) is 36.4 Å². The second-order valence-electron chi connectivity index (χ2n) is 5.65. The molecule has 0 spiro atoms. The van der Waals surface area contributed by atoms with Crippen LogP contribution in [0.15, 0.2) is 54.1 Å². The molecule has 2 aromatic carbocycles. The molecule has 0 fully saturated rings. The van der Waals surface area contributed by atoms with Crippen molar-refractivity contribution in [3.8, 4) is 11.8 Å². The lowest BCUT2D eigenvalue weighted by Gasteiger charge is -2.13. The molecule has 27 heavy (non-hydrogen) atoms. The Balaban J connectivity index is 2.13. The molecule has 7 heteroatoms. The highest BCUT2D eigenvalue weighted by molar-refractivity contribution is 14.1. The van der Waals surface area contributed by atoms with Gasteiger partial charge < -0.3 is 15.2 Å². The van der Waals surface area contributed by atoms with Gasteiger partial charge in [0.25, 0.3) is 5.91 Å². The van der Waals surface area contributed by atoms with Crippen molar-refractivity contribution in [3.05, 3.63) is 68.8 Å². The molecular weight excluding hydrogens is 459 g/mol. The molecule has 0 unspecified atom stereocenters. The van der Waals surface area contributed by atoms with Crippen LogP contribution in [0.1, 0.15) is 24.1 Å². The summed E-state index contributed by atoms with van der Waals surface area (Å²) in [6.07, 6.45) is 1.48. The van der Waals surface area contributed by atoms with Gasteiger partial charge in [0.05, 0.1) is 9.61 Å². The minimum atomic E-state index is -1.06. The molecule has 1 amide bonds. The molecule has 0 bridgehead atoms. The molecule has 0 aliphatic carbocycles. The molecular formula is C20H17IN2O4. The van der Waals surface area contributed by atoms with Gasteiger partial charge in [-0.25, -0.2) is 4.79 Å². The molecule has 2 N–H and O–H groups in total. The van der Waals surface area contributed by atoms with E-state index in [-0.39, 0.29) is 11.6 Å². The molecule has 0 heterocycles. The van der Waals surface area contributed by atoms with Gasteiger partial charge in [-0.2, -0.15) is 5.26 Å². The van der Waals surface area contributed by atoms with Gasteiger partial charge in [0, 0.05) is 0 Å². The predicted molar refractivity (Wildman–Crippen MR) is 109 cm³/mol. The normalized spacial score (nSPS) is 12.0. The van der Waals surface area contributed by atoms with Gasteiger partial charge >= 0.3 is 5.97 Å². The number of nitriles is 1. The SMILES string of the molecule is C[C@@H](NC(=O)/C(C#N)=C\c1ccc(OCC(=O)O)c(I)c1)c1ccccc1. The summed E-state index contributed by atoms with van der Waals surface area (Å²) < 4.78 is 5.84. The number of hydrogen-bond acceptors (Lipinski definition) is 4. The monoisotopic (exact) mass is 476 g/mol. The second-order valence-corrected chi connectivity index (χ2v) is 6.81. The van der Waals surface area contributed by atoms with Crippen molar-refractivity contribution in [1.29, 1.82) is 5.26 Å². The molecule has 0 aromatic heterocycles. The van der Waals surface area contributed by atoms with Crippen molar-refractivity contribution in [2.24, 2.45) is 0 Å². The van der Waals surface area contributed by atoms with Crippen LogP contribution in [0, 0.1) is 14.9 Å². The lowest BCUT2D eigenvalue weighted by molar-refractivity contribution is -0.139. The van der Waals surface area contributed by atoms with Gasteiger partial charge in [-0.05, 0) is 58.9 Å². The molecule has 138 valence electrons. The summed E-state index contributed by atoms with van der Waals surface area (Å²) in [5.74, 6) is -1.10. The number of ether oxygens (including phenoxy) is 1. The maximum Gasteiger partial charge on any atom is 0.341 e. The van der Waals surface area contributed by atoms with Gasteiger partial charge in [0.15, 0.2) is 6.61 Å². The van der Waals surface area contributed by atoms with Crippen molar-refractivity contribution in [3.63, 3.8) is 0 Å². The molecule has 0 radical (unpaired) electrons. The zero-order valence-corrected chi connectivity index (χ0v) is 16.6. The van der Waals surface area contributed by atoms with Crippen LogP contribution in [0.2, 0.25) is 0 Å². The molecule has 1 atom stereocenters. The van der Waals surface area contributed by atoms with E-state index in [1.807, 2.05) is 65.9 Å². The Morgan fingerprint density at radius 1 is 1.30 bits per heavy atom. The summed E-state index contributed by atoms with van der Waals surface area (Å²) >= 11 is 2.01. The van der Waals surface area contributed by atoms with E-state index in [9.17, 15) is 14.9 Å². The van der Waals surface area contributed by atoms with Crippen molar-refractivity contribution in [2.75, 3.05) is 6.61 Å². The van der Waals surface area contributed by atoms with Crippen molar-refractivity contribution in [1.82, 2.24) is 5.32 Å². The zero-order chi connectivity index (χ0) is 19.8. The van der Waals surface area contributed by atoms with Crippen LogP contribution in [-0.2, 0) is 9.59 Å². The maximum atomic E-state index is 12.4. The van der Waals surface area contributed by atoms with Gasteiger partial charge in [0.2, 0.25) is 0 Å². The molecule has 2 aromatic rings. The quantitative estimate of drug-likeness (QED) is 0.362. The summed E-state index contributed by atoms with van der Waals surface area (Å²) in [6.45, 7) is 1.41. The minimum Gasteiger partial charge on any atom is -0.481 e. The number of rotatable bonds is 7. The van der Waals surface area contributed by atoms with Gasteiger partial charge in [-0.15, -0.1) is 0 Å². The van der Waals surface area contributed by atoms with E-state index < -0.39 is 18.5 Å². The average Bonchev–Trinajstić information content (AvgIpc) is 2.65. The first-order chi connectivity index (χ1) is 12.9. The summed E-state index contributed by atoms with van der Waals surface area (Å²) in [5.41, 5.74) is 1.56. The summed E-state index contributed by atoms with van der Waals surface area (Å²) in [6, 6.07) is 16.1. The Kier molecular flexibility index (Phi) is 7.37. The number of aliphatic carboxylic acids is 1. The van der Waals surface area contributed by atoms with Crippen LogP contribution in [0.3, 0.4) is 0 Å². The van der Waals surface area contributed by atoms with Crippen molar-refractivity contribution < 1.29 is 19.4 Å². The number of halogens is 1. The van der Waals surface area contributed by atoms with Crippen LogP contribution < -0.4 is 10.1 Å². The Bertz CT molecular complexity index is 904. The third-order valence-corrected chi connectivity index (χ3v) is 4.47. The smallest absolute Gasteiger partial charge is 0.341 e.